The number of carbonyl (C=O) groups excluding carboxylic acids is 1. The van der Waals surface area contributed by atoms with Crippen molar-refractivity contribution >= 4 is 11.6 Å². The predicted molar refractivity (Wildman–Crippen MR) is 58.3 cm³/mol. The zero-order valence-electron chi connectivity index (χ0n) is 8.93. The van der Waals surface area contributed by atoms with Crippen LogP contribution in [0.5, 0.6) is 0 Å². The maximum atomic E-state index is 13.1. The molecule has 2 N–H and O–H groups in total. The third-order valence-electron chi connectivity index (χ3n) is 2.08. The van der Waals surface area contributed by atoms with Crippen LogP contribution in [0, 0.1) is 12.7 Å². The molecule has 1 amide bonds. The molecule has 15 heavy (non-hydrogen) atoms. The summed E-state index contributed by atoms with van der Waals surface area (Å²) in [6.45, 7) is 4.53. The summed E-state index contributed by atoms with van der Waals surface area (Å²) in [5.41, 5.74) is 0.986. The largest absolute Gasteiger partial charge is 0.325 e. The standard InChI is InChI=1S/C11H15FN2O/c1-3-13-7-11(15)14-10-6-4-5-9(12)8(10)2/h4-6,13H,3,7H2,1-2H3,(H,14,15). The predicted octanol–water partition coefficient (Wildman–Crippen LogP) is 1.68. The van der Waals surface area contributed by atoms with Crippen molar-refractivity contribution in [3.63, 3.8) is 0 Å². The summed E-state index contributed by atoms with van der Waals surface area (Å²) in [5.74, 6) is -0.471. The third kappa shape index (κ3) is 3.32. The van der Waals surface area contributed by atoms with E-state index in [1.807, 2.05) is 6.92 Å². The molecule has 0 fully saturated rings. The Balaban J connectivity index is 2.64. The lowest BCUT2D eigenvalue weighted by molar-refractivity contribution is -0.115. The minimum Gasteiger partial charge on any atom is -0.325 e. The number of anilines is 1. The Morgan fingerprint density at radius 3 is 2.87 bits per heavy atom. The van der Waals surface area contributed by atoms with E-state index in [9.17, 15) is 9.18 Å². The molecule has 3 nitrogen and oxygen atoms in total. The van der Waals surface area contributed by atoms with E-state index in [4.69, 9.17) is 0 Å². The molecule has 0 saturated carbocycles. The molecule has 0 radical (unpaired) electrons. The maximum Gasteiger partial charge on any atom is 0.238 e. The molecule has 1 aromatic rings. The van der Waals surface area contributed by atoms with Crippen LogP contribution in [0.4, 0.5) is 10.1 Å². The molecule has 0 heterocycles. The molecule has 0 saturated heterocycles. The van der Waals surface area contributed by atoms with Crippen LogP contribution in [0.25, 0.3) is 0 Å². The van der Waals surface area contributed by atoms with Crippen molar-refractivity contribution in [2.24, 2.45) is 0 Å². The summed E-state index contributed by atoms with van der Waals surface area (Å²) in [5, 5.41) is 5.54. The number of hydrogen-bond donors (Lipinski definition) is 2. The number of nitrogens with one attached hydrogen (secondary N) is 2. The molecule has 0 unspecified atom stereocenters. The summed E-state index contributed by atoms with van der Waals surface area (Å²) in [7, 11) is 0. The SMILES string of the molecule is CCNCC(=O)Nc1cccc(F)c1C. The van der Waals surface area contributed by atoms with Crippen molar-refractivity contribution in [3.05, 3.63) is 29.6 Å². The second-order valence-corrected chi connectivity index (χ2v) is 3.24. The Labute approximate surface area is 88.7 Å². The van der Waals surface area contributed by atoms with Crippen LogP contribution in [-0.2, 0) is 4.79 Å². The van der Waals surface area contributed by atoms with Crippen LogP contribution >= 0.6 is 0 Å². The van der Waals surface area contributed by atoms with Crippen molar-refractivity contribution in [2.75, 3.05) is 18.4 Å². The summed E-state index contributed by atoms with van der Waals surface area (Å²) >= 11 is 0. The number of carbonyl (C=O) groups is 1. The lowest BCUT2D eigenvalue weighted by atomic mass is 10.2. The summed E-state index contributed by atoms with van der Waals surface area (Å²) in [6.07, 6.45) is 0. The van der Waals surface area contributed by atoms with E-state index in [0.717, 1.165) is 6.54 Å². The third-order valence-corrected chi connectivity index (χ3v) is 2.08. The Morgan fingerprint density at radius 2 is 2.20 bits per heavy atom. The normalized spacial score (nSPS) is 10.1. The van der Waals surface area contributed by atoms with Crippen molar-refractivity contribution in [1.82, 2.24) is 5.32 Å². The number of rotatable bonds is 4. The second-order valence-electron chi connectivity index (χ2n) is 3.24. The van der Waals surface area contributed by atoms with Gasteiger partial charge in [0.25, 0.3) is 0 Å². The summed E-state index contributed by atoms with van der Waals surface area (Å²) in [6, 6.07) is 4.63. The molecule has 0 aliphatic rings. The first-order valence-electron chi connectivity index (χ1n) is 4.90. The van der Waals surface area contributed by atoms with Crippen LogP contribution in [0.1, 0.15) is 12.5 Å². The van der Waals surface area contributed by atoms with Gasteiger partial charge in [0.05, 0.1) is 6.54 Å². The van der Waals surface area contributed by atoms with Gasteiger partial charge >= 0.3 is 0 Å². The topological polar surface area (TPSA) is 41.1 Å². The van der Waals surface area contributed by atoms with Gasteiger partial charge in [-0.05, 0) is 25.6 Å². The average molecular weight is 210 g/mol. The average Bonchev–Trinajstić information content (AvgIpc) is 2.22. The fourth-order valence-electron chi connectivity index (χ4n) is 1.18. The number of halogens is 1. The Kier molecular flexibility index (Phi) is 4.24. The number of likely N-dealkylation sites (N-methyl/N-ethyl adjacent to an activating group) is 1. The number of amides is 1. The van der Waals surface area contributed by atoms with Gasteiger partial charge in [-0.25, -0.2) is 4.39 Å². The maximum absolute atomic E-state index is 13.1. The van der Waals surface area contributed by atoms with Crippen molar-refractivity contribution in [2.45, 2.75) is 13.8 Å². The van der Waals surface area contributed by atoms with Gasteiger partial charge in [-0.2, -0.15) is 0 Å². The molecule has 1 aromatic carbocycles. The van der Waals surface area contributed by atoms with Crippen molar-refractivity contribution in [1.29, 1.82) is 0 Å². The minimum atomic E-state index is -0.309. The van der Waals surface area contributed by atoms with E-state index in [2.05, 4.69) is 10.6 Å². The van der Waals surface area contributed by atoms with Crippen LogP contribution in [0.3, 0.4) is 0 Å². The fourth-order valence-corrected chi connectivity index (χ4v) is 1.18. The number of hydrogen-bond acceptors (Lipinski definition) is 2. The number of benzene rings is 1. The Hall–Kier alpha value is -1.42. The minimum absolute atomic E-state index is 0.162. The summed E-state index contributed by atoms with van der Waals surface area (Å²) < 4.78 is 13.1. The van der Waals surface area contributed by atoms with E-state index in [1.165, 1.54) is 6.07 Å². The van der Waals surface area contributed by atoms with Gasteiger partial charge in [0.15, 0.2) is 0 Å². The first-order valence-corrected chi connectivity index (χ1v) is 4.90. The molecule has 0 aliphatic heterocycles. The molecule has 0 spiro atoms. The molecule has 0 aromatic heterocycles. The van der Waals surface area contributed by atoms with Gasteiger partial charge in [0.1, 0.15) is 5.82 Å². The molecule has 0 aliphatic carbocycles. The van der Waals surface area contributed by atoms with E-state index in [1.54, 1.807) is 19.1 Å². The van der Waals surface area contributed by atoms with E-state index in [0.29, 0.717) is 11.3 Å². The van der Waals surface area contributed by atoms with Crippen LogP contribution < -0.4 is 10.6 Å². The van der Waals surface area contributed by atoms with Crippen LogP contribution in [-0.4, -0.2) is 19.0 Å². The molecular weight excluding hydrogens is 195 g/mol. The Morgan fingerprint density at radius 1 is 1.47 bits per heavy atom. The highest BCUT2D eigenvalue weighted by atomic mass is 19.1. The highest BCUT2D eigenvalue weighted by Gasteiger charge is 2.06. The lowest BCUT2D eigenvalue weighted by Gasteiger charge is -2.08. The van der Waals surface area contributed by atoms with Gasteiger partial charge in [-0.15, -0.1) is 0 Å². The smallest absolute Gasteiger partial charge is 0.238 e. The molecule has 0 bridgehead atoms. The molecular formula is C11H15FN2O. The second kappa shape index (κ2) is 5.46. The first-order chi connectivity index (χ1) is 7.15. The fraction of sp³-hybridized carbons (Fsp3) is 0.364. The van der Waals surface area contributed by atoms with Crippen LogP contribution in [0.2, 0.25) is 0 Å². The molecule has 82 valence electrons. The highest BCUT2D eigenvalue weighted by Crippen LogP contribution is 2.16. The van der Waals surface area contributed by atoms with Gasteiger partial charge in [-0.3, -0.25) is 4.79 Å². The zero-order valence-corrected chi connectivity index (χ0v) is 8.93. The van der Waals surface area contributed by atoms with E-state index >= 15 is 0 Å². The zero-order chi connectivity index (χ0) is 11.3. The molecule has 1 rings (SSSR count). The highest BCUT2D eigenvalue weighted by molar-refractivity contribution is 5.92. The van der Waals surface area contributed by atoms with Gasteiger partial charge < -0.3 is 10.6 Å². The van der Waals surface area contributed by atoms with Gasteiger partial charge in [0.2, 0.25) is 5.91 Å². The monoisotopic (exact) mass is 210 g/mol. The van der Waals surface area contributed by atoms with Crippen LogP contribution in [0.15, 0.2) is 18.2 Å². The van der Waals surface area contributed by atoms with Gasteiger partial charge in [-0.1, -0.05) is 13.0 Å². The summed E-state index contributed by atoms with van der Waals surface area (Å²) in [4.78, 5) is 11.3. The first kappa shape index (κ1) is 11.7. The molecule has 0 atom stereocenters. The van der Waals surface area contributed by atoms with Crippen molar-refractivity contribution < 1.29 is 9.18 Å². The van der Waals surface area contributed by atoms with E-state index < -0.39 is 0 Å². The van der Waals surface area contributed by atoms with E-state index in [-0.39, 0.29) is 18.3 Å². The van der Waals surface area contributed by atoms with Crippen molar-refractivity contribution in [3.8, 4) is 0 Å². The Bertz CT molecular complexity index is 352. The lowest BCUT2D eigenvalue weighted by Crippen LogP contribution is -2.28. The quantitative estimate of drug-likeness (QED) is 0.794. The van der Waals surface area contributed by atoms with Gasteiger partial charge in [0, 0.05) is 11.3 Å². The molecule has 4 heteroatoms.